The van der Waals surface area contributed by atoms with E-state index in [4.69, 9.17) is 4.42 Å². The van der Waals surface area contributed by atoms with E-state index in [-0.39, 0.29) is 12.1 Å². The van der Waals surface area contributed by atoms with Gasteiger partial charge in [-0.1, -0.05) is 28.1 Å². The molecule has 17 heavy (non-hydrogen) atoms. The van der Waals surface area contributed by atoms with Gasteiger partial charge < -0.3 is 9.73 Å². The van der Waals surface area contributed by atoms with Crippen LogP contribution >= 0.6 is 15.9 Å². The Balaban J connectivity index is 2.04. The van der Waals surface area contributed by atoms with Crippen molar-refractivity contribution >= 4 is 15.9 Å². The molecule has 0 amide bonds. The highest BCUT2D eigenvalue weighted by Gasteiger charge is 2.12. The lowest BCUT2D eigenvalue weighted by atomic mass is 10.1. The van der Waals surface area contributed by atoms with Gasteiger partial charge in [0.15, 0.2) is 0 Å². The zero-order valence-corrected chi connectivity index (χ0v) is 11.6. The van der Waals surface area contributed by atoms with Gasteiger partial charge in [0, 0.05) is 10.5 Å². The summed E-state index contributed by atoms with van der Waals surface area (Å²) in [6.45, 7) is 4.26. The van der Waals surface area contributed by atoms with Gasteiger partial charge in [0.2, 0.25) is 0 Å². The zero-order valence-electron chi connectivity index (χ0n) is 9.98. The predicted octanol–water partition coefficient (Wildman–Crippen LogP) is 4.45. The highest BCUT2D eigenvalue weighted by atomic mass is 79.9. The quantitative estimate of drug-likeness (QED) is 0.901. The molecule has 1 aromatic carbocycles. The van der Waals surface area contributed by atoms with Gasteiger partial charge >= 0.3 is 0 Å². The minimum atomic E-state index is 0.207. The van der Waals surface area contributed by atoms with Crippen molar-refractivity contribution in [3.63, 3.8) is 0 Å². The third-order valence-electron chi connectivity index (χ3n) is 2.82. The van der Waals surface area contributed by atoms with E-state index in [2.05, 4.69) is 53.3 Å². The summed E-state index contributed by atoms with van der Waals surface area (Å²) >= 11 is 3.49. The van der Waals surface area contributed by atoms with Crippen molar-refractivity contribution < 1.29 is 4.42 Å². The van der Waals surface area contributed by atoms with Crippen LogP contribution in [0.15, 0.2) is 51.6 Å². The van der Waals surface area contributed by atoms with E-state index in [0.717, 1.165) is 10.2 Å². The van der Waals surface area contributed by atoms with E-state index in [1.165, 1.54) is 5.56 Å². The highest BCUT2D eigenvalue weighted by molar-refractivity contribution is 9.10. The van der Waals surface area contributed by atoms with E-state index >= 15 is 0 Å². The lowest BCUT2D eigenvalue weighted by Gasteiger charge is -2.19. The van der Waals surface area contributed by atoms with Gasteiger partial charge in [0.05, 0.1) is 12.3 Å². The fraction of sp³-hybridized carbons (Fsp3) is 0.286. The van der Waals surface area contributed by atoms with E-state index in [9.17, 15) is 0 Å². The number of benzene rings is 1. The summed E-state index contributed by atoms with van der Waals surface area (Å²) in [5, 5.41) is 3.51. The maximum atomic E-state index is 5.38. The monoisotopic (exact) mass is 293 g/mol. The maximum Gasteiger partial charge on any atom is 0.120 e. The van der Waals surface area contributed by atoms with Crippen LogP contribution in [0.4, 0.5) is 0 Å². The van der Waals surface area contributed by atoms with Crippen molar-refractivity contribution in [2.75, 3.05) is 0 Å². The molecule has 1 aromatic heterocycles. The molecule has 2 aromatic rings. The van der Waals surface area contributed by atoms with Crippen molar-refractivity contribution in [2.45, 2.75) is 25.9 Å². The molecule has 0 saturated heterocycles. The van der Waals surface area contributed by atoms with Gasteiger partial charge in [-0.05, 0) is 43.7 Å². The summed E-state index contributed by atoms with van der Waals surface area (Å²) in [5.41, 5.74) is 1.26. The zero-order chi connectivity index (χ0) is 12.3. The summed E-state index contributed by atoms with van der Waals surface area (Å²) in [6, 6.07) is 12.7. The van der Waals surface area contributed by atoms with Gasteiger partial charge in [-0.3, -0.25) is 0 Å². The molecule has 90 valence electrons. The lowest BCUT2D eigenvalue weighted by molar-refractivity contribution is 0.403. The van der Waals surface area contributed by atoms with Gasteiger partial charge in [0.25, 0.3) is 0 Å². The second-order valence-corrected chi connectivity index (χ2v) is 5.10. The first kappa shape index (κ1) is 12.4. The topological polar surface area (TPSA) is 25.2 Å². The minimum absolute atomic E-state index is 0.207. The van der Waals surface area contributed by atoms with Crippen LogP contribution in [0.25, 0.3) is 0 Å². The van der Waals surface area contributed by atoms with Crippen LogP contribution < -0.4 is 5.32 Å². The van der Waals surface area contributed by atoms with Crippen LogP contribution in [-0.4, -0.2) is 0 Å². The van der Waals surface area contributed by atoms with Crippen molar-refractivity contribution in [1.29, 1.82) is 0 Å². The van der Waals surface area contributed by atoms with Crippen LogP contribution in [0.2, 0.25) is 0 Å². The molecule has 0 aliphatic rings. The van der Waals surface area contributed by atoms with Crippen molar-refractivity contribution in [3.8, 4) is 0 Å². The lowest BCUT2D eigenvalue weighted by Crippen LogP contribution is -2.22. The molecule has 0 spiro atoms. The summed E-state index contributed by atoms with van der Waals surface area (Å²) in [5.74, 6) is 0.965. The fourth-order valence-electron chi connectivity index (χ4n) is 1.87. The third kappa shape index (κ3) is 3.20. The molecule has 2 rings (SSSR count). The number of furan rings is 1. The largest absolute Gasteiger partial charge is 0.468 e. The Morgan fingerprint density at radius 1 is 1.12 bits per heavy atom. The molecule has 0 bridgehead atoms. The summed E-state index contributed by atoms with van der Waals surface area (Å²) < 4.78 is 6.49. The summed E-state index contributed by atoms with van der Waals surface area (Å²) in [7, 11) is 0. The van der Waals surface area contributed by atoms with Crippen LogP contribution in [-0.2, 0) is 0 Å². The predicted molar refractivity (Wildman–Crippen MR) is 72.8 cm³/mol. The third-order valence-corrected chi connectivity index (χ3v) is 3.31. The summed E-state index contributed by atoms with van der Waals surface area (Å²) in [6.07, 6.45) is 1.71. The standard InChI is InChI=1S/C14H16BrNO/c1-10(12-5-3-6-13(15)9-12)16-11(2)14-7-4-8-17-14/h3-11,16H,1-2H3/t10?,11-/m0/s1. The second-order valence-electron chi connectivity index (χ2n) is 4.18. The molecule has 2 atom stereocenters. The van der Waals surface area contributed by atoms with Crippen LogP contribution in [0, 0.1) is 0 Å². The number of hydrogen-bond donors (Lipinski definition) is 1. The average molecular weight is 294 g/mol. The maximum absolute atomic E-state index is 5.38. The van der Waals surface area contributed by atoms with Crippen molar-refractivity contribution in [2.24, 2.45) is 0 Å². The number of halogens is 1. The molecular weight excluding hydrogens is 278 g/mol. The van der Waals surface area contributed by atoms with Crippen LogP contribution in [0.1, 0.15) is 37.3 Å². The molecule has 0 aliphatic carbocycles. The highest BCUT2D eigenvalue weighted by Crippen LogP contribution is 2.21. The Labute approximate surface area is 110 Å². The Hall–Kier alpha value is -1.06. The van der Waals surface area contributed by atoms with E-state index in [1.807, 2.05) is 18.2 Å². The Morgan fingerprint density at radius 3 is 2.59 bits per heavy atom. The molecule has 0 aliphatic heterocycles. The number of nitrogens with one attached hydrogen (secondary N) is 1. The molecule has 0 saturated carbocycles. The average Bonchev–Trinajstić information content (AvgIpc) is 2.82. The minimum Gasteiger partial charge on any atom is -0.468 e. The van der Waals surface area contributed by atoms with E-state index < -0.39 is 0 Å². The Morgan fingerprint density at radius 2 is 1.94 bits per heavy atom. The first-order valence-corrected chi connectivity index (χ1v) is 6.51. The second kappa shape index (κ2) is 5.52. The van der Waals surface area contributed by atoms with Gasteiger partial charge in [-0.25, -0.2) is 0 Å². The first-order valence-electron chi connectivity index (χ1n) is 5.71. The van der Waals surface area contributed by atoms with Gasteiger partial charge in [-0.15, -0.1) is 0 Å². The van der Waals surface area contributed by atoms with E-state index in [1.54, 1.807) is 6.26 Å². The molecule has 1 unspecified atom stereocenters. The fourth-order valence-corrected chi connectivity index (χ4v) is 2.28. The Bertz CT molecular complexity index is 467. The molecule has 1 heterocycles. The molecular formula is C14H16BrNO. The van der Waals surface area contributed by atoms with Gasteiger partial charge in [-0.2, -0.15) is 0 Å². The molecule has 2 nitrogen and oxygen atoms in total. The van der Waals surface area contributed by atoms with Crippen LogP contribution in [0.5, 0.6) is 0 Å². The molecule has 1 N–H and O–H groups in total. The summed E-state index contributed by atoms with van der Waals surface area (Å²) in [4.78, 5) is 0. The first-order chi connectivity index (χ1) is 8.16. The van der Waals surface area contributed by atoms with Gasteiger partial charge in [0.1, 0.15) is 5.76 Å². The SMILES string of the molecule is CC(N[C@@H](C)c1ccco1)c1cccc(Br)c1. The molecule has 3 heteroatoms. The molecule has 0 fully saturated rings. The normalized spacial score (nSPS) is 14.5. The van der Waals surface area contributed by atoms with E-state index in [0.29, 0.717) is 0 Å². The smallest absolute Gasteiger partial charge is 0.120 e. The number of rotatable bonds is 4. The Kier molecular flexibility index (Phi) is 4.02. The van der Waals surface area contributed by atoms with Crippen molar-refractivity contribution in [3.05, 3.63) is 58.5 Å². The van der Waals surface area contributed by atoms with Crippen molar-refractivity contribution in [1.82, 2.24) is 5.32 Å². The van der Waals surface area contributed by atoms with Crippen LogP contribution in [0.3, 0.4) is 0 Å². The number of hydrogen-bond acceptors (Lipinski definition) is 2. The molecule has 0 radical (unpaired) electrons.